The van der Waals surface area contributed by atoms with Gasteiger partial charge in [0.25, 0.3) is 0 Å². The molecule has 0 fully saturated rings. The van der Waals surface area contributed by atoms with Crippen LogP contribution in [0.15, 0.2) is 18.2 Å². The summed E-state index contributed by atoms with van der Waals surface area (Å²) >= 11 is 20.9. The molecule has 14 heavy (non-hydrogen) atoms. The van der Waals surface area contributed by atoms with Gasteiger partial charge in [-0.15, -0.1) is 0 Å². The number of hydrogen-bond donors (Lipinski definition) is 0. The summed E-state index contributed by atoms with van der Waals surface area (Å²) in [6.07, 6.45) is 4.98. The normalized spacial score (nSPS) is 11.1. The predicted molar refractivity (Wildman–Crippen MR) is 68.9 cm³/mol. The van der Waals surface area contributed by atoms with Gasteiger partial charge >= 0.3 is 0 Å². The first-order valence-electron chi connectivity index (χ1n) is 4.02. The number of halogens is 4. The van der Waals surface area contributed by atoms with Crippen LogP contribution in [0.4, 0.5) is 0 Å². The van der Waals surface area contributed by atoms with E-state index in [1.807, 2.05) is 12.2 Å². The van der Waals surface area contributed by atoms with Crippen molar-refractivity contribution in [1.29, 1.82) is 0 Å². The summed E-state index contributed by atoms with van der Waals surface area (Å²) in [6, 6.07) is 3.58. The van der Waals surface area contributed by atoms with E-state index in [2.05, 4.69) is 15.9 Å². The Morgan fingerprint density at radius 3 is 2.21 bits per heavy atom. The molecule has 4 heteroatoms. The molecule has 0 heterocycles. The second-order valence-corrected chi connectivity index (χ2v) is 4.66. The van der Waals surface area contributed by atoms with E-state index in [1.54, 1.807) is 12.1 Å². The van der Waals surface area contributed by atoms with Crippen LogP contribution in [0.1, 0.15) is 12.0 Å². The van der Waals surface area contributed by atoms with E-state index < -0.39 is 0 Å². The molecule has 0 aromatic heterocycles. The third kappa shape index (κ3) is 3.47. The van der Waals surface area contributed by atoms with Crippen LogP contribution in [0.5, 0.6) is 0 Å². The van der Waals surface area contributed by atoms with Crippen molar-refractivity contribution >= 4 is 56.8 Å². The lowest BCUT2D eigenvalue weighted by Crippen LogP contribution is -1.77. The van der Waals surface area contributed by atoms with Gasteiger partial charge in [-0.3, -0.25) is 0 Å². The molecule has 0 radical (unpaired) electrons. The Labute approximate surface area is 107 Å². The monoisotopic (exact) mass is 312 g/mol. The first kappa shape index (κ1) is 12.4. The lowest BCUT2D eigenvalue weighted by Gasteiger charge is -2.00. The highest BCUT2D eigenvalue weighted by molar-refractivity contribution is 9.09. The van der Waals surface area contributed by atoms with Crippen LogP contribution >= 0.6 is 50.7 Å². The van der Waals surface area contributed by atoms with Gasteiger partial charge in [0, 0.05) is 5.33 Å². The van der Waals surface area contributed by atoms with Crippen molar-refractivity contribution < 1.29 is 0 Å². The molecular weight excluding hydrogens is 306 g/mol. The molecule has 0 nitrogen and oxygen atoms in total. The summed E-state index contributed by atoms with van der Waals surface area (Å²) < 4.78 is 0. The molecule has 0 aliphatic rings. The minimum Gasteiger partial charge on any atom is -0.0925 e. The molecule has 0 aliphatic carbocycles. The SMILES string of the molecule is Clc1cc(C=CCCBr)cc(Cl)c1Cl. The predicted octanol–water partition coefficient (Wildman–Crippen LogP) is 5.45. The summed E-state index contributed by atoms with van der Waals surface area (Å²) in [5, 5.41) is 2.32. The van der Waals surface area contributed by atoms with Crippen molar-refractivity contribution in [2.75, 3.05) is 5.33 Å². The largest absolute Gasteiger partial charge is 0.0925 e. The van der Waals surface area contributed by atoms with Crippen LogP contribution < -0.4 is 0 Å². The maximum Gasteiger partial charge on any atom is 0.0778 e. The molecule has 0 unspecified atom stereocenters. The molecule has 0 bridgehead atoms. The first-order chi connectivity index (χ1) is 6.65. The van der Waals surface area contributed by atoms with Crippen LogP contribution in [0.3, 0.4) is 0 Å². The fourth-order valence-corrected chi connectivity index (χ4v) is 1.83. The van der Waals surface area contributed by atoms with E-state index >= 15 is 0 Å². The number of benzene rings is 1. The summed E-state index contributed by atoms with van der Waals surface area (Å²) in [7, 11) is 0. The van der Waals surface area contributed by atoms with Crippen molar-refractivity contribution in [1.82, 2.24) is 0 Å². The minimum absolute atomic E-state index is 0.408. The van der Waals surface area contributed by atoms with Gasteiger partial charge in [-0.2, -0.15) is 0 Å². The molecular formula is C10H8BrCl3. The Morgan fingerprint density at radius 2 is 1.71 bits per heavy atom. The van der Waals surface area contributed by atoms with Gasteiger partial charge in [-0.1, -0.05) is 62.9 Å². The van der Waals surface area contributed by atoms with Gasteiger partial charge in [0.05, 0.1) is 15.1 Å². The smallest absolute Gasteiger partial charge is 0.0778 e. The summed E-state index contributed by atoms with van der Waals surface area (Å²) in [5.74, 6) is 0. The zero-order chi connectivity index (χ0) is 10.6. The lowest BCUT2D eigenvalue weighted by atomic mass is 10.2. The molecule has 0 amide bonds. The topological polar surface area (TPSA) is 0 Å². The molecule has 0 spiro atoms. The molecule has 0 N–H and O–H groups in total. The van der Waals surface area contributed by atoms with Crippen LogP contribution in [0.2, 0.25) is 15.1 Å². The summed E-state index contributed by atoms with van der Waals surface area (Å²) in [6.45, 7) is 0. The van der Waals surface area contributed by atoms with Crippen molar-refractivity contribution in [3.05, 3.63) is 38.8 Å². The molecule has 1 aromatic rings. The second kappa shape index (κ2) is 6.02. The molecule has 0 atom stereocenters. The summed E-state index contributed by atoms with van der Waals surface area (Å²) in [4.78, 5) is 0. The van der Waals surface area contributed by atoms with Gasteiger partial charge in [0.2, 0.25) is 0 Å². The van der Waals surface area contributed by atoms with Crippen LogP contribution in [0.25, 0.3) is 6.08 Å². The molecule has 0 aliphatic heterocycles. The van der Waals surface area contributed by atoms with E-state index in [4.69, 9.17) is 34.8 Å². The zero-order valence-electron chi connectivity index (χ0n) is 7.24. The maximum atomic E-state index is 5.87. The highest BCUT2D eigenvalue weighted by Crippen LogP contribution is 2.31. The highest BCUT2D eigenvalue weighted by atomic mass is 79.9. The average molecular weight is 314 g/mol. The van der Waals surface area contributed by atoms with Gasteiger partial charge in [-0.25, -0.2) is 0 Å². The molecule has 1 aromatic carbocycles. The molecule has 0 saturated carbocycles. The third-order valence-electron chi connectivity index (χ3n) is 1.59. The van der Waals surface area contributed by atoms with Gasteiger partial charge < -0.3 is 0 Å². The Morgan fingerprint density at radius 1 is 1.14 bits per heavy atom. The maximum absolute atomic E-state index is 5.87. The Kier molecular flexibility index (Phi) is 5.32. The van der Waals surface area contributed by atoms with Crippen molar-refractivity contribution in [2.24, 2.45) is 0 Å². The van der Waals surface area contributed by atoms with E-state index in [0.29, 0.717) is 15.1 Å². The minimum atomic E-state index is 0.408. The van der Waals surface area contributed by atoms with E-state index in [0.717, 1.165) is 17.3 Å². The first-order valence-corrected chi connectivity index (χ1v) is 6.27. The van der Waals surface area contributed by atoms with Crippen LogP contribution in [-0.4, -0.2) is 5.33 Å². The number of hydrogen-bond acceptors (Lipinski definition) is 0. The Bertz CT molecular complexity index is 324. The number of rotatable bonds is 3. The Balaban J connectivity index is 2.89. The molecule has 1 rings (SSSR count). The summed E-state index contributed by atoms with van der Waals surface area (Å²) in [5.41, 5.74) is 0.963. The zero-order valence-corrected chi connectivity index (χ0v) is 11.1. The lowest BCUT2D eigenvalue weighted by molar-refractivity contribution is 1.27. The second-order valence-electron chi connectivity index (χ2n) is 2.68. The fourth-order valence-electron chi connectivity index (χ4n) is 0.954. The van der Waals surface area contributed by atoms with E-state index in [9.17, 15) is 0 Å². The average Bonchev–Trinajstić information content (AvgIpc) is 2.14. The van der Waals surface area contributed by atoms with Crippen LogP contribution in [0, 0.1) is 0 Å². The van der Waals surface area contributed by atoms with Crippen molar-refractivity contribution in [3.63, 3.8) is 0 Å². The number of allylic oxidation sites excluding steroid dienone is 1. The van der Waals surface area contributed by atoms with E-state index in [1.165, 1.54) is 0 Å². The standard InChI is InChI=1S/C10H8BrCl3/c11-4-2-1-3-7-5-8(12)10(14)9(13)6-7/h1,3,5-6H,2,4H2. The van der Waals surface area contributed by atoms with Gasteiger partial charge in [0.1, 0.15) is 0 Å². The molecule has 0 saturated heterocycles. The Hall–Kier alpha value is 0.310. The van der Waals surface area contributed by atoms with E-state index in [-0.39, 0.29) is 0 Å². The quantitative estimate of drug-likeness (QED) is 0.514. The molecule has 76 valence electrons. The fraction of sp³-hybridized carbons (Fsp3) is 0.200. The van der Waals surface area contributed by atoms with Crippen LogP contribution in [-0.2, 0) is 0 Å². The highest BCUT2D eigenvalue weighted by Gasteiger charge is 2.03. The number of alkyl halides is 1. The van der Waals surface area contributed by atoms with Gasteiger partial charge in [-0.05, 0) is 24.1 Å². The van der Waals surface area contributed by atoms with Crippen molar-refractivity contribution in [3.8, 4) is 0 Å². The third-order valence-corrected chi connectivity index (χ3v) is 3.25. The van der Waals surface area contributed by atoms with Gasteiger partial charge in [0.15, 0.2) is 0 Å². The van der Waals surface area contributed by atoms with Crippen molar-refractivity contribution in [2.45, 2.75) is 6.42 Å².